The minimum absolute atomic E-state index is 0.246. The van der Waals surface area contributed by atoms with Crippen LogP contribution in [0.5, 0.6) is 0 Å². The Morgan fingerprint density at radius 1 is 1.33 bits per heavy atom. The Morgan fingerprint density at radius 3 is 2.60 bits per heavy atom. The summed E-state index contributed by atoms with van der Waals surface area (Å²) in [5.74, 6) is -0.514. The second-order valence-electron chi connectivity index (χ2n) is 4.54. The number of hydrogen-bond acceptors (Lipinski definition) is 1. The number of aliphatic carboxylic acids is 1. The van der Waals surface area contributed by atoms with Gasteiger partial charge in [-0.25, -0.2) is 0 Å². The first-order valence-corrected chi connectivity index (χ1v) is 5.88. The third-order valence-corrected chi connectivity index (χ3v) is 3.52. The van der Waals surface area contributed by atoms with E-state index < -0.39 is 5.97 Å². The van der Waals surface area contributed by atoms with E-state index in [0.717, 1.165) is 31.3 Å². The zero-order valence-electron chi connectivity index (χ0n) is 8.98. The first-order valence-electron chi connectivity index (χ1n) is 5.88. The molecule has 2 rings (SSSR count). The van der Waals surface area contributed by atoms with Crippen LogP contribution in [0.4, 0.5) is 0 Å². The maximum atomic E-state index is 11.3. The molecule has 2 nitrogen and oxygen atoms in total. The standard InChI is InChI=1S/C13H18O2/c14-13(15)12(11-8-4-5-9-11)10-6-2-1-3-7-10/h2,6-7,11-12H,1,3-5,8-9H2,(H,14,15). The Labute approximate surface area is 90.7 Å². The molecule has 0 radical (unpaired) electrons. The van der Waals surface area contributed by atoms with Crippen LogP contribution in [0.2, 0.25) is 0 Å². The Morgan fingerprint density at radius 2 is 2.07 bits per heavy atom. The molecule has 0 bridgehead atoms. The van der Waals surface area contributed by atoms with Crippen LogP contribution in [0.1, 0.15) is 38.5 Å². The highest BCUT2D eigenvalue weighted by Crippen LogP contribution is 2.36. The van der Waals surface area contributed by atoms with Gasteiger partial charge in [0.15, 0.2) is 0 Å². The van der Waals surface area contributed by atoms with E-state index in [1.807, 2.05) is 6.08 Å². The third kappa shape index (κ3) is 2.31. The molecule has 0 spiro atoms. The number of carbonyl (C=O) groups is 1. The summed E-state index contributed by atoms with van der Waals surface area (Å²) in [4.78, 5) is 11.3. The van der Waals surface area contributed by atoms with Crippen molar-refractivity contribution in [3.05, 3.63) is 23.8 Å². The van der Waals surface area contributed by atoms with Crippen LogP contribution < -0.4 is 0 Å². The van der Waals surface area contributed by atoms with Crippen molar-refractivity contribution in [3.8, 4) is 0 Å². The second-order valence-corrected chi connectivity index (χ2v) is 4.54. The summed E-state index contributed by atoms with van der Waals surface area (Å²) in [7, 11) is 0. The molecular weight excluding hydrogens is 188 g/mol. The summed E-state index contributed by atoms with van der Waals surface area (Å²) in [5.41, 5.74) is 1.04. The van der Waals surface area contributed by atoms with E-state index >= 15 is 0 Å². The van der Waals surface area contributed by atoms with Gasteiger partial charge in [-0.3, -0.25) is 4.79 Å². The van der Waals surface area contributed by atoms with E-state index in [1.165, 1.54) is 12.8 Å². The molecule has 2 aliphatic carbocycles. The lowest BCUT2D eigenvalue weighted by Crippen LogP contribution is -2.23. The van der Waals surface area contributed by atoms with Gasteiger partial charge >= 0.3 is 5.97 Å². The third-order valence-electron chi connectivity index (χ3n) is 3.52. The number of carboxylic acid groups (broad SMARTS) is 1. The van der Waals surface area contributed by atoms with Gasteiger partial charge in [0.2, 0.25) is 0 Å². The minimum atomic E-state index is -0.639. The Hall–Kier alpha value is -1.05. The van der Waals surface area contributed by atoms with Crippen LogP contribution in [0.3, 0.4) is 0 Å². The van der Waals surface area contributed by atoms with Crippen LogP contribution in [0.15, 0.2) is 23.8 Å². The molecule has 1 unspecified atom stereocenters. The smallest absolute Gasteiger partial charge is 0.311 e. The summed E-state index contributed by atoms with van der Waals surface area (Å²) >= 11 is 0. The normalized spacial score (nSPS) is 23.9. The Balaban J connectivity index is 2.14. The molecule has 0 aromatic carbocycles. The molecule has 0 aliphatic heterocycles. The summed E-state index contributed by atoms with van der Waals surface area (Å²) in [5, 5.41) is 9.31. The largest absolute Gasteiger partial charge is 0.481 e. The van der Waals surface area contributed by atoms with E-state index in [9.17, 15) is 9.90 Å². The molecule has 82 valence electrons. The van der Waals surface area contributed by atoms with Crippen molar-refractivity contribution < 1.29 is 9.90 Å². The molecule has 0 aromatic heterocycles. The van der Waals surface area contributed by atoms with Crippen molar-refractivity contribution in [3.63, 3.8) is 0 Å². The van der Waals surface area contributed by atoms with Crippen LogP contribution in [-0.4, -0.2) is 11.1 Å². The Bertz CT molecular complexity index is 296. The van der Waals surface area contributed by atoms with Crippen LogP contribution >= 0.6 is 0 Å². The molecule has 1 atom stereocenters. The van der Waals surface area contributed by atoms with Gasteiger partial charge in [-0.1, -0.05) is 31.1 Å². The fraction of sp³-hybridized carbons (Fsp3) is 0.615. The molecule has 0 heterocycles. The van der Waals surface area contributed by atoms with E-state index in [1.54, 1.807) is 0 Å². The van der Waals surface area contributed by atoms with Crippen molar-refractivity contribution in [2.45, 2.75) is 38.5 Å². The van der Waals surface area contributed by atoms with Gasteiger partial charge < -0.3 is 5.11 Å². The summed E-state index contributed by atoms with van der Waals surface area (Å²) in [6.07, 6.45) is 12.8. The highest BCUT2D eigenvalue weighted by Gasteiger charge is 2.32. The van der Waals surface area contributed by atoms with Crippen molar-refractivity contribution in [1.29, 1.82) is 0 Å². The number of rotatable bonds is 3. The molecule has 0 saturated heterocycles. The zero-order chi connectivity index (χ0) is 10.7. The van der Waals surface area contributed by atoms with Crippen molar-refractivity contribution >= 4 is 5.97 Å². The molecule has 2 heteroatoms. The van der Waals surface area contributed by atoms with Gasteiger partial charge in [0, 0.05) is 0 Å². The molecule has 0 amide bonds. The zero-order valence-corrected chi connectivity index (χ0v) is 8.98. The van der Waals surface area contributed by atoms with Crippen LogP contribution in [0.25, 0.3) is 0 Å². The highest BCUT2D eigenvalue weighted by atomic mass is 16.4. The van der Waals surface area contributed by atoms with E-state index in [-0.39, 0.29) is 5.92 Å². The van der Waals surface area contributed by atoms with Gasteiger partial charge in [-0.15, -0.1) is 0 Å². The Kier molecular flexibility index (Phi) is 3.24. The van der Waals surface area contributed by atoms with Crippen LogP contribution in [-0.2, 0) is 4.79 Å². The summed E-state index contributed by atoms with van der Waals surface area (Å²) in [6, 6.07) is 0. The number of hydrogen-bond donors (Lipinski definition) is 1. The number of allylic oxidation sites excluding steroid dienone is 3. The molecule has 1 N–H and O–H groups in total. The maximum Gasteiger partial charge on any atom is 0.311 e. The van der Waals surface area contributed by atoms with Crippen molar-refractivity contribution in [2.75, 3.05) is 0 Å². The summed E-state index contributed by atoms with van der Waals surface area (Å²) in [6.45, 7) is 0. The molecular formula is C13H18O2. The van der Waals surface area contributed by atoms with Crippen molar-refractivity contribution in [1.82, 2.24) is 0 Å². The van der Waals surface area contributed by atoms with Gasteiger partial charge in [-0.05, 0) is 37.2 Å². The van der Waals surface area contributed by atoms with E-state index in [2.05, 4.69) is 12.2 Å². The summed E-state index contributed by atoms with van der Waals surface area (Å²) < 4.78 is 0. The fourth-order valence-electron chi connectivity index (χ4n) is 2.77. The topological polar surface area (TPSA) is 37.3 Å². The van der Waals surface area contributed by atoms with Gasteiger partial charge in [0.05, 0.1) is 5.92 Å². The van der Waals surface area contributed by atoms with Crippen LogP contribution in [0, 0.1) is 11.8 Å². The molecule has 1 saturated carbocycles. The average molecular weight is 206 g/mol. The highest BCUT2D eigenvalue weighted by molar-refractivity contribution is 5.75. The van der Waals surface area contributed by atoms with Gasteiger partial charge in [0.1, 0.15) is 0 Å². The predicted octanol–water partition coefficient (Wildman–Crippen LogP) is 3.15. The quantitative estimate of drug-likeness (QED) is 0.770. The van der Waals surface area contributed by atoms with E-state index in [0.29, 0.717) is 5.92 Å². The predicted molar refractivity (Wildman–Crippen MR) is 59.5 cm³/mol. The molecule has 1 fully saturated rings. The SMILES string of the molecule is O=C(O)C(C1=CCCC=C1)C1CCCC1. The van der Waals surface area contributed by atoms with Gasteiger partial charge in [-0.2, -0.15) is 0 Å². The molecule has 0 aromatic rings. The first kappa shape index (κ1) is 10.5. The molecule has 2 aliphatic rings. The maximum absolute atomic E-state index is 11.3. The van der Waals surface area contributed by atoms with Gasteiger partial charge in [0.25, 0.3) is 0 Å². The monoisotopic (exact) mass is 206 g/mol. The first-order chi connectivity index (χ1) is 7.29. The second kappa shape index (κ2) is 4.65. The lowest BCUT2D eigenvalue weighted by molar-refractivity contribution is -0.141. The fourth-order valence-corrected chi connectivity index (χ4v) is 2.77. The number of carboxylic acids is 1. The molecule has 15 heavy (non-hydrogen) atoms. The van der Waals surface area contributed by atoms with E-state index in [4.69, 9.17) is 0 Å². The average Bonchev–Trinajstić information content (AvgIpc) is 2.72. The lowest BCUT2D eigenvalue weighted by Gasteiger charge is -2.21. The lowest BCUT2D eigenvalue weighted by atomic mass is 9.82. The van der Waals surface area contributed by atoms with Crippen molar-refractivity contribution in [2.24, 2.45) is 11.8 Å². The minimum Gasteiger partial charge on any atom is -0.481 e.